The number of hydrogen-bond acceptors (Lipinski definition) is 7. The van der Waals surface area contributed by atoms with E-state index in [2.05, 4.69) is 51.5 Å². The van der Waals surface area contributed by atoms with Gasteiger partial charge in [0.1, 0.15) is 5.01 Å². The Labute approximate surface area is 156 Å². The van der Waals surface area contributed by atoms with Gasteiger partial charge in [-0.05, 0) is 13.3 Å². The van der Waals surface area contributed by atoms with Crippen LogP contribution < -0.4 is 10.2 Å². The molecule has 2 amide bonds. The number of rotatable bonds is 2. The third-order valence-corrected chi connectivity index (χ3v) is 6.22. The summed E-state index contributed by atoms with van der Waals surface area (Å²) in [6.45, 7) is 11.4. The minimum atomic E-state index is -0.103. The van der Waals surface area contributed by atoms with Gasteiger partial charge in [0.2, 0.25) is 5.13 Å². The summed E-state index contributed by atoms with van der Waals surface area (Å²) in [5.41, 5.74) is 0.986. The summed E-state index contributed by atoms with van der Waals surface area (Å²) in [6.07, 6.45) is 0.926. The number of aryl methyl sites for hydroxylation is 1. The van der Waals surface area contributed by atoms with Gasteiger partial charge in [-0.25, -0.2) is 9.78 Å². The standard InChI is InChI=1S/C16H24N6OS2/c1-11-10-24-15(17-11)22-7-5-6-21(8-9-22)14(23)18-13-20-19-12(25-13)16(2,3)4/h10H,5-9H2,1-4H3,(H,18,20,23). The van der Waals surface area contributed by atoms with Gasteiger partial charge in [0.05, 0.1) is 5.69 Å². The Morgan fingerprint density at radius 1 is 1.20 bits per heavy atom. The van der Waals surface area contributed by atoms with E-state index in [0.29, 0.717) is 11.7 Å². The molecule has 2 aromatic heterocycles. The summed E-state index contributed by atoms with van der Waals surface area (Å²) in [7, 11) is 0. The molecule has 1 aliphatic rings. The molecule has 3 rings (SSSR count). The minimum Gasteiger partial charge on any atom is -0.346 e. The number of hydrogen-bond donors (Lipinski definition) is 1. The zero-order chi connectivity index (χ0) is 18.0. The van der Waals surface area contributed by atoms with E-state index in [-0.39, 0.29) is 11.4 Å². The van der Waals surface area contributed by atoms with Gasteiger partial charge in [-0.3, -0.25) is 5.32 Å². The Kier molecular flexibility index (Phi) is 5.24. The molecule has 0 aliphatic carbocycles. The van der Waals surface area contributed by atoms with Crippen molar-refractivity contribution in [2.45, 2.75) is 39.5 Å². The molecule has 136 valence electrons. The van der Waals surface area contributed by atoms with E-state index >= 15 is 0 Å². The number of carbonyl (C=O) groups is 1. The maximum absolute atomic E-state index is 12.5. The third kappa shape index (κ3) is 4.46. The van der Waals surface area contributed by atoms with Gasteiger partial charge in [-0.2, -0.15) is 0 Å². The molecule has 0 atom stereocenters. The summed E-state index contributed by atoms with van der Waals surface area (Å²) < 4.78 is 0. The van der Waals surface area contributed by atoms with Crippen molar-refractivity contribution in [3.63, 3.8) is 0 Å². The van der Waals surface area contributed by atoms with Gasteiger partial charge in [-0.1, -0.05) is 32.1 Å². The van der Waals surface area contributed by atoms with Crippen LogP contribution in [0.4, 0.5) is 15.1 Å². The maximum Gasteiger partial charge on any atom is 0.323 e. The molecule has 1 N–H and O–H groups in total. The second-order valence-electron chi connectivity index (χ2n) is 7.19. The Morgan fingerprint density at radius 3 is 2.64 bits per heavy atom. The fourth-order valence-electron chi connectivity index (χ4n) is 2.55. The molecule has 2 aromatic rings. The quantitative estimate of drug-likeness (QED) is 0.865. The second-order valence-corrected chi connectivity index (χ2v) is 9.01. The van der Waals surface area contributed by atoms with Crippen LogP contribution in [0.5, 0.6) is 0 Å². The predicted molar refractivity (Wildman–Crippen MR) is 103 cm³/mol. The largest absolute Gasteiger partial charge is 0.346 e. The lowest BCUT2D eigenvalue weighted by Gasteiger charge is -2.21. The molecule has 7 nitrogen and oxygen atoms in total. The number of aromatic nitrogens is 3. The molecule has 0 bridgehead atoms. The van der Waals surface area contributed by atoms with E-state index in [1.165, 1.54) is 11.3 Å². The number of carbonyl (C=O) groups excluding carboxylic acids is 1. The number of nitrogens with one attached hydrogen (secondary N) is 1. The predicted octanol–water partition coefficient (Wildman–Crippen LogP) is 3.34. The second kappa shape index (κ2) is 7.25. The highest BCUT2D eigenvalue weighted by Gasteiger charge is 2.23. The Hall–Kier alpha value is -1.74. The summed E-state index contributed by atoms with van der Waals surface area (Å²) in [4.78, 5) is 21.2. The average Bonchev–Trinajstić information content (AvgIpc) is 3.10. The van der Waals surface area contributed by atoms with E-state index in [4.69, 9.17) is 0 Å². The van der Waals surface area contributed by atoms with Crippen LogP contribution in [0.25, 0.3) is 0 Å². The lowest BCUT2D eigenvalue weighted by atomic mass is 9.98. The Bertz CT molecular complexity index is 735. The van der Waals surface area contributed by atoms with Crippen LogP contribution in [0.15, 0.2) is 5.38 Å². The van der Waals surface area contributed by atoms with Crippen LogP contribution in [-0.2, 0) is 5.41 Å². The first-order valence-corrected chi connectivity index (χ1v) is 10.1. The van der Waals surface area contributed by atoms with Gasteiger partial charge in [-0.15, -0.1) is 21.5 Å². The first-order valence-electron chi connectivity index (χ1n) is 8.40. The molecule has 25 heavy (non-hydrogen) atoms. The monoisotopic (exact) mass is 380 g/mol. The smallest absolute Gasteiger partial charge is 0.323 e. The maximum atomic E-state index is 12.5. The number of urea groups is 1. The van der Waals surface area contributed by atoms with E-state index in [9.17, 15) is 4.79 Å². The average molecular weight is 381 g/mol. The van der Waals surface area contributed by atoms with E-state index in [0.717, 1.165) is 41.9 Å². The van der Waals surface area contributed by atoms with Crippen molar-refractivity contribution in [3.05, 3.63) is 16.1 Å². The molecule has 3 heterocycles. The van der Waals surface area contributed by atoms with Gasteiger partial charge in [0.15, 0.2) is 5.13 Å². The molecule has 0 spiro atoms. The van der Waals surface area contributed by atoms with Crippen LogP contribution in [0.1, 0.15) is 37.9 Å². The van der Waals surface area contributed by atoms with Crippen LogP contribution in [0.3, 0.4) is 0 Å². The molecule has 9 heteroatoms. The van der Waals surface area contributed by atoms with Gasteiger partial charge < -0.3 is 9.80 Å². The first kappa shape index (κ1) is 18.1. The van der Waals surface area contributed by atoms with Crippen LogP contribution >= 0.6 is 22.7 Å². The van der Waals surface area contributed by atoms with Crippen molar-refractivity contribution >= 4 is 39.0 Å². The SMILES string of the molecule is Cc1csc(N2CCCN(C(=O)Nc3nnc(C(C)(C)C)s3)CC2)n1. The summed E-state index contributed by atoms with van der Waals surface area (Å²) in [6, 6.07) is -0.103. The van der Waals surface area contributed by atoms with Gasteiger partial charge in [0, 0.05) is 37.0 Å². The molecular weight excluding hydrogens is 356 g/mol. The topological polar surface area (TPSA) is 74.2 Å². The van der Waals surface area contributed by atoms with Crippen molar-refractivity contribution in [1.82, 2.24) is 20.1 Å². The molecule has 1 aliphatic heterocycles. The van der Waals surface area contributed by atoms with Crippen molar-refractivity contribution in [2.24, 2.45) is 0 Å². The minimum absolute atomic E-state index is 0.0599. The number of thiazole rings is 1. The number of amides is 2. The Morgan fingerprint density at radius 2 is 2.00 bits per heavy atom. The number of anilines is 2. The van der Waals surface area contributed by atoms with Gasteiger partial charge in [0.25, 0.3) is 0 Å². The fraction of sp³-hybridized carbons (Fsp3) is 0.625. The van der Waals surface area contributed by atoms with Crippen molar-refractivity contribution in [1.29, 1.82) is 0 Å². The molecule has 0 radical (unpaired) electrons. The summed E-state index contributed by atoms with van der Waals surface area (Å²) in [5.74, 6) is 0. The summed E-state index contributed by atoms with van der Waals surface area (Å²) >= 11 is 3.10. The van der Waals surface area contributed by atoms with Crippen LogP contribution in [0.2, 0.25) is 0 Å². The number of nitrogens with zero attached hydrogens (tertiary/aromatic N) is 5. The highest BCUT2D eigenvalue weighted by molar-refractivity contribution is 7.15. The molecule has 0 unspecified atom stereocenters. The van der Waals surface area contributed by atoms with Gasteiger partial charge >= 0.3 is 6.03 Å². The van der Waals surface area contributed by atoms with E-state index < -0.39 is 0 Å². The lowest BCUT2D eigenvalue weighted by molar-refractivity contribution is 0.215. The van der Waals surface area contributed by atoms with Crippen molar-refractivity contribution in [3.8, 4) is 0 Å². The van der Waals surface area contributed by atoms with Crippen molar-refractivity contribution in [2.75, 3.05) is 36.4 Å². The van der Waals surface area contributed by atoms with E-state index in [1.807, 2.05) is 11.8 Å². The van der Waals surface area contributed by atoms with Crippen LogP contribution in [-0.4, -0.2) is 52.3 Å². The molecule has 1 saturated heterocycles. The van der Waals surface area contributed by atoms with Crippen LogP contribution in [0, 0.1) is 6.92 Å². The molecule has 1 fully saturated rings. The van der Waals surface area contributed by atoms with Crippen molar-refractivity contribution < 1.29 is 4.79 Å². The first-order chi connectivity index (χ1) is 11.8. The van der Waals surface area contributed by atoms with E-state index in [1.54, 1.807) is 11.3 Å². The lowest BCUT2D eigenvalue weighted by Crippen LogP contribution is -2.38. The Balaban J connectivity index is 1.58. The highest BCUT2D eigenvalue weighted by Crippen LogP contribution is 2.28. The fourth-order valence-corrected chi connectivity index (χ4v) is 4.19. The molecule has 0 aromatic carbocycles. The normalized spacial score (nSPS) is 16.0. The molecular formula is C16H24N6OS2. The molecule has 0 saturated carbocycles. The third-order valence-electron chi connectivity index (χ3n) is 3.94. The zero-order valence-corrected chi connectivity index (χ0v) is 16.7. The zero-order valence-electron chi connectivity index (χ0n) is 15.1. The highest BCUT2D eigenvalue weighted by atomic mass is 32.1. The summed E-state index contributed by atoms with van der Waals surface area (Å²) in [5, 5.41) is 15.8.